The first kappa shape index (κ1) is 13.4. The zero-order valence-electron chi connectivity index (χ0n) is 10.7. The van der Waals surface area contributed by atoms with E-state index in [9.17, 15) is 4.79 Å². The lowest BCUT2D eigenvalue weighted by Gasteiger charge is -2.18. The highest BCUT2D eigenvalue weighted by molar-refractivity contribution is 7.10. The number of amides is 2. The van der Waals surface area contributed by atoms with Crippen LogP contribution < -0.4 is 5.32 Å². The van der Waals surface area contributed by atoms with Crippen LogP contribution in [-0.2, 0) is 13.0 Å². The Kier molecular flexibility index (Phi) is 4.39. The molecule has 2 amide bonds. The predicted molar refractivity (Wildman–Crippen MR) is 68.7 cm³/mol. The Morgan fingerprint density at radius 1 is 1.42 bits per heavy atom. The van der Waals surface area contributed by atoms with Crippen LogP contribution in [0.1, 0.15) is 25.6 Å². The quantitative estimate of drug-likeness (QED) is 0.893. The molecule has 0 atom stereocenters. The van der Waals surface area contributed by atoms with Gasteiger partial charge in [-0.15, -0.1) is 15.3 Å². The van der Waals surface area contributed by atoms with Crippen molar-refractivity contribution in [1.82, 2.24) is 24.7 Å². The number of carbonyl (C=O) groups is 1. The zero-order valence-corrected chi connectivity index (χ0v) is 11.5. The lowest BCUT2D eigenvalue weighted by Crippen LogP contribution is -2.34. The van der Waals surface area contributed by atoms with Crippen LogP contribution in [0.25, 0.3) is 0 Å². The molecule has 2 heterocycles. The van der Waals surface area contributed by atoms with E-state index in [0.29, 0.717) is 29.7 Å². The van der Waals surface area contributed by atoms with Gasteiger partial charge >= 0.3 is 6.03 Å². The van der Waals surface area contributed by atoms with Crippen molar-refractivity contribution in [3.63, 3.8) is 0 Å². The van der Waals surface area contributed by atoms with Crippen molar-refractivity contribution < 1.29 is 9.21 Å². The zero-order chi connectivity index (χ0) is 13.7. The molecular weight excluding hydrogens is 268 g/mol. The number of carbonyl (C=O) groups excluding carboxylic acids is 1. The van der Waals surface area contributed by atoms with E-state index in [4.69, 9.17) is 4.42 Å². The fourth-order valence-electron chi connectivity index (χ4n) is 1.39. The summed E-state index contributed by atoms with van der Waals surface area (Å²) in [5.74, 6) is 0.995. The van der Waals surface area contributed by atoms with Crippen LogP contribution in [0.2, 0.25) is 0 Å². The van der Waals surface area contributed by atoms with Gasteiger partial charge in [0.2, 0.25) is 11.8 Å². The van der Waals surface area contributed by atoms with Gasteiger partial charge in [0.15, 0.2) is 0 Å². The number of nitrogens with one attached hydrogen (secondary N) is 1. The molecule has 0 spiro atoms. The van der Waals surface area contributed by atoms with Crippen LogP contribution in [0.5, 0.6) is 0 Å². The Morgan fingerprint density at radius 2 is 2.21 bits per heavy atom. The van der Waals surface area contributed by atoms with Crippen molar-refractivity contribution in [2.45, 2.75) is 26.8 Å². The van der Waals surface area contributed by atoms with Gasteiger partial charge in [0.05, 0.1) is 6.20 Å². The van der Waals surface area contributed by atoms with E-state index in [1.54, 1.807) is 4.90 Å². The molecule has 0 aromatic carbocycles. The van der Waals surface area contributed by atoms with Gasteiger partial charge in [0, 0.05) is 24.5 Å². The molecule has 2 rings (SSSR count). The molecule has 0 aliphatic heterocycles. The van der Waals surface area contributed by atoms with Crippen LogP contribution in [0.4, 0.5) is 9.80 Å². The van der Waals surface area contributed by atoms with E-state index in [1.807, 2.05) is 13.8 Å². The number of nitrogens with zero attached hydrogens (tertiary/aromatic N) is 5. The summed E-state index contributed by atoms with van der Waals surface area (Å²) in [5.41, 5.74) is 0. The van der Waals surface area contributed by atoms with Gasteiger partial charge in [-0.05, 0) is 6.92 Å². The minimum absolute atomic E-state index is 0.246. The van der Waals surface area contributed by atoms with Crippen molar-refractivity contribution in [3.8, 4) is 0 Å². The first-order valence-corrected chi connectivity index (χ1v) is 6.64. The van der Waals surface area contributed by atoms with Gasteiger partial charge in [-0.1, -0.05) is 11.4 Å². The molecule has 9 heteroatoms. The average Bonchev–Trinajstić information content (AvgIpc) is 3.06. The van der Waals surface area contributed by atoms with E-state index < -0.39 is 0 Å². The van der Waals surface area contributed by atoms with Gasteiger partial charge < -0.3 is 9.32 Å². The van der Waals surface area contributed by atoms with Crippen LogP contribution in [0.3, 0.4) is 0 Å². The molecule has 19 heavy (non-hydrogen) atoms. The third-order valence-corrected chi connectivity index (χ3v) is 2.98. The Bertz CT molecular complexity index is 526. The van der Waals surface area contributed by atoms with Crippen LogP contribution >= 0.6 is 11.5 Å². The highest BCUT2D eigenvalue weighted by Gasteiger charge is 2.16. The average molecular weight is 282 g/mol. The first-order chi connectivity index (χ1) is 9.22. The molecule has 0 aliphatic rings. The van der Waals surface area contributed by atoms with Crippen molar-refractivity contribution in [2.24, 2.45) is 0 Å². The molecule has 0 fully saturated rings. The maximum Gasteiger partial charge on any atom is 0.322 e. The van der Waals surface area contributed by atoms with Crippen molar-refractivity contribution in [1.29, 1.82) is 0 Å². The summed E-state index contributed by atoms with van der Waals surface area (Å²) in [7, 11) is 0. The molecule has 8 nitrogen and oxygen atoms in total. The van der Waals surface area contributed by atoms with Crippen molar-refractivity contribution in [2.75, 3.05) is 11.9 Å². The second kappa shape index (κ2) is 6.23. The SMILES string of the molecule is CCc1nnc(CN(CC)C(=O)Nc2cnns2)o1. The number of anilines is 1. The third-order valence-electron chi connectivity index (χ3n) is 2.40. The maximum absolute atomic E-state index is 12.0. The van der Waals surface area contributed by atoms with Crippen molar-refractivity contribution >= 4 is 22.6 Å². The van der Waals surface area contributed by atoms with E-state index in [1.165, 1.54) is 6.20 Å². The lowest BCUT2D eigenvalue weighted by molar-refractivity contribution is 0.205. The van der Waals surface area contributed by atoms with Gasteiger partial charge in [0.25, 0.3) is 0 Å². The summed E-state index contributed by atoms with van der Waals surface area (Å²) >= 11 is 1.12. The number of hydrogen-bond donors (Lipinski definition) is 1. The fourth-order valence-corrected chi connectivity index (χ4v) is 1.80. The lowest BCUT2D eigenvalue weighted by atomic mass is 10.5. The molecule has 0 radical (unpaired) electrons. The standard InChI is InChI=1S/C10H14N6O2S/c1-3-7-13-14-8(18-7)6-16(4-2)10(17)12-9-5-11-15-19-9/h5H,3-4,6H2,1-2H3,(H,12,17). The minimum atomic E-state index is -0.246. The maximum atomic E-state index is 12.0. The Labute approximate surface area is 114 Å². The Balaban J connectivity index is 1.97. The first-order valence-electron chi connectivity index (χ1n) is 5.87. The monoisotopic (exact) mass is 282 g/mol. The van der Waals surface area contributed by atoms with Crippen LogP contribution in [0, 0.1) is 0 Å². The number of rotatable bonds is 5. The van der Waals surface area contributed by atoms with Crippen LogP contribution in [-0.4, -0.2) is 37.3 Å². The molecule has 0 aliphatic carbocycles. The van der Waals surface area contributed by atoms with Gasteiger partial charge in [-0.25, -0.2) is 4.79 Å². The van der Waals surface area contributed by atoms with Gasteiger partial charge in [-0.3, -0.25) is 5.32 Å². The molecule has 0 bridgehead atoms. The molecule has 1 N–H and O–H groups in total. The molecule has 0 unspecified atom stereocenters. The van der Waals surface area contributed by atoms with E-state index in [0.717, 1.165) is 11.5 Å². The summed E-state index contributed by atoms with van der Waals surface area (Å²) in [4.78, 5) is 13.6. The summed E-state index contributed by atoms with van der Waals surface area (Å²) < 4.78 is 9.06. The second-order valence-corrected chi connectivity index (χ2v) is 4.45. The molecule has 102 valence electrons. The van der Waals surface area contributed by atoms with Gasteiger partial charge in [0.1, 0.15) is 11.5 Å². The number of aryl methyl sites for hydroxylation is 1. The minimum Gasteiger partial charge on any atom is -0.423 e. The third kappa shape index (κ3) is 3.47. The second-order valence-electron chi connectivity index (χ2n) is 3.67. The fraction of sp³-hybridized carbons (Fsp3) is 0.500. The van der Waals surface area contributed by atoms with Crippen molar-refractivity contribution in [3.05, 3.63) is 18.0 Å². The van der Waals surface area contributed by atoms with E-state index in [2.05, 4.69) is 25.1 Å². The number of urea groups is 1. The number of hydrogen-bond acceptors (Lipinski definition) is 7. The summed E-state index contributed by atoms with van der Waals surface area (Å²) in [6.45, 7) is 4.61. The summed E-state index contributed by atoms with van der Waals surface area (Å²) in [6.07, 6.45) is 2.18. The van der Waals surface area contributed by atoms with Crippen LogP contribution in [0.15, 0.2) is 10.6 Å². The highest BCUT2D eigenvalue weighted by atomic mass is 32.1. The molecular formula is C10H14N6O2S. The highest BCUT2D eigenvalue weighted by Crippen LogP contribution is 2.11. The topological polar surface area (TPSA) is 97.0 Å². The smallest absolute Gasteiger partial charge is 0.322 e. The Morgan fingerprint density at radius 3 is 2.79 bits per heavy atom. The molecule has 2 aromatic rings. The molecule has 0 saturated heterocycles. The molecule has 2 aromatic heterocycles. The van der Waals surface area contributed by atoms with E-state index >= 15 is 0 Å². The normalized spacial score (nSPS) is 10.4. The largest absolute Gasteiger partial charge is 0.423 e. The summed E-state index contributed by atoms with van der Waals surface area (Å²) in [6, 6.07) is -0.246. The number of aromatic nitrogens is 4. The summed E-state index contributed by atoms with van der Waals surface area (Å²) in [5, 5.41) is 14.7. The Hall–Kier alpha value is -2.03. The van der Waals surface area contributed by atoms with Gasteiger partial charge in [-0.2, -0.15) is 0 Å². The molecule has 0 saturated carbocycles. The van der Waals surface area contributed by atoms with E-state index in [-0.39, 0.29) is 12.6 Å². The predicted octanol–water partition coefficient (Wildman–Crippen LogP) is 1.54.